The number of hydrogen-bond donors (Lipinski definition) is 1. The standard InChI is InChI=1S/C13H12FN3O2/c1-9-2-3-10(7-15-9)8-16-12-4-11(14)5-13(6-12)17(18)19/h2-7,16H,8H2,1H3. The molecule has 0 atom stereocenters. The Morgan fingerprint density at radius 1 is 1.37 bits per heavy atom. The summed E-state index contributed by atoms with van der Waals surface area (Å²) in [4.78, 5) is 14.1. The number of nitro groups is 1. The second-order valence-corrected chi connectivity index (χ2v) is 4.12. The molecule has 19 heavy (non-hydrogen) atoms. The van der Waals surface area contributed by atoms with E-state index < -0.39 is 10.7 Å². The van der Waals surface area contributed by atoms with Crippen molar-refractivity contribution in [1.82, 2.24) is 4.98 Å². The van der Waals surface area contributed by atoms with Gasteiger partial charge in [0.15, 0.2) is 0 Å². The average Bonchev–Trinajstić information content (AvgIpc) is 2.37. The van der Waals surface area contributed by atoms with Gasteiger partial charge in [-0.05, 0) is 24.6 Å². The Labute approximate surface area is 109 Å². The molecule has 2 aromatic rings. The van der Waals surface area contributed by atoms with Crippen molar-refractivity contribution in [3.05, 3.63) is 63.7 Å². The van der Waals surface area contributed by atoms with Crippen molar-refractivity contribution in [3.8, 4) is 0 Å². The number of halogens is 1. The molecule has 0 spiro atoms. The minimum Gasteiger partial charge on any atom is -0.381 e. The van der Waals surface area contributed by atoms with Crippen LogP contribution in [-0.2, 0) is 6.54 Å². The van der Waals surface area contributed by atoms with Gasteiger partial charge in [0.05, 0.1) is 11.0 Å². The number of non-ortho nitro benzene ring substituents is 1. The molecule has 0 bridgehead atoms. The zero-order valence-corrected chi connectivity index (χ0v) is 10.3. The van der Waals surface area contributed by atoms with E-state index in [-0.39, 0.29) is 5.69 Å². The lowest BCUT2D eigenvalue weighted by Gasteiger charge is -2.06. The first kappa shape index (κ1) is 12.9. The van der Waals surface area contributed by atoms with Gasteiger partial charge in [-0.1, -0.05) is 6.07 Å². The first-order valence-corrected chi connectivity index (χ1v) is 5.65. The summed E-state index contributed by atoms with van der Waals surface area (Å²) in [6, 6.07) is 7.16. The lowest BCUT2D eigenvalue weighted by atomic mass is 10.2. The van der Waals surface area contributed by atoms with Crippen molar-refractivity contribution < 1.29 is 9.31 Å². The highest BCUT2D eigenvalue weighted by Gasteiger charge is 2.09. The van der Waals surface area contributed by atoms with Crippen LogP contribution in [0.15, 0.2) is 36.5 Å². The molecule has 6 heteroatoms. The SMILES string of the molecule is Cc1ccc(CNc2cc(F)cc([N+](=O)[O-])c2)cn1. The second kappa shape index (κ2) is 5.43. The van der Waals surface area contributed by atoms with Gasteiger partial charge >= 0.3 is 0 Å². The highest BCUT2D eigenvalue weighted by Crippen LogP contribution is 2.20. The van der Waals surface area contributed by atoms with E-state index in [4.69, 9.17) is 0 Å². The van der Waals surface area contributed by atoms with E-state index in [2.05, 4.69) is 10.3 Å². The molecule has 0 fully saturated rings. The average molecular weight is 261 g/mol. The van der Waals surface area contributed by atoms with Crippen LogP contribution >= 0.6 is 0 Å². The molecule has 0 amide bonds. The van der Waals surface area contributed by atoms with E-state index in [1.54, 1.807) is 6.20 Å². The third kappa shape index (κ3) is 3.48. The zero-order chi connectivity index (χ0) is 13.8. The topological polar surface area (TPSA) is 68.1 Å². The smallest absolute Gasteiger partial charge is 0.274 e. The van der Waals surface area contributed by atoms with Crippen LogP contribution in [0.1, 0.15) is 11.3 Å². The van der Waals surface area contributed by atoms with Gasteiger partial charge in [0, 0.05) is 30.2 Å². The van der Waals surface area contributed by atoms with Crippen LogP contribution in [0.2, 0.25) is 0 Å². The van der Waals surface area contributed by atoms with E-state index in [1.807, 2.05) is 19.1 Å². The summed E-state index contributed by atoms with van der Waals surface area (Å²) in [5, 5.41) is 13.6. The maximum atomic E-state index is 13.2. The van der Waals surface area contributed by atoms with Gasteiger partial charge in [-0.3, -0.25) is 15.1 Å². The van der Waals surface area contributed by atoms with Crippen LogP contribution in [0.5, 0.6) is 0 Å². The van der Waals surface area contributed by atoms with Crippen molar-refractivity contribution in [2.45, 2.75) is 13.5 Å². The Balaban J connectivity index is 2.11. The zero-order valence-electron chi connectivity index (χ0n) is 10.3. The molecule has 1 N–H and O–H groups in total. The number of aryl methyl sites for hydroxylation is 1. The molecular formula is C13H12FN3O2. The highest BCUT2D eigenvalue weighted by atomic mass is 19.1. The van der Waals surface area contributed by atoms with E-state index in [0.29, 0.717) is 12.2 Å². The second-order valence-electron chi connectivity index (χ2n) is 4.12. The molecule has 1 aromatic heterocycles. The number of nitrogens with zero attached hydrogens (tertiary/aromatic N) is 2. The normalized spacial score (nSPS) is 10.2. The summed E-state index contributed by atoms with van der Waals surface area (Å²) >= 11 is 0. The first-order valence-electron chi connectivity index (χ1n) is 5.65. The molecule has 0 unspecified atom stereocenters. The Hall–Kier alpha value is -2.50. The first-order chi connectivity index (χ1) is 9.04. The molecule has 98 valence electrons. The van der Waals surface area contributed by atoms with Gasteiger partial charge in [-0.25, -0.2) is 4.39 Å². The van der Waals surface area contributed by atoms with Crippen molar-refractivity contribution >= 4 is 11.4 Å². The van der Waals surface area contributed by atoms with Crippen molar-refractivity contribution in [2.75, 3.05) is 5.32 Å². The summed E-state index contributed by atoms with van der Waals surface area (Å²) in [6.07, 6.45) is 1.70. The van der Waals surface area contributed by atoms with Gasteiger partial charge in [0.2, 0.25) is 0 Å². The minimum absolute atomic E-state index is 0.274. The van der Waals surface area contributed by atoms with E-state index >= 15 is 0 Å². The molecule has 0 aliphatic rings. The molecule has 0 radical (unpaired) electrons. The molecule has 5 nitrogen and oxygen atoms in total. The lowest BCUT2D eigenvalue weighted by Crippen LogP contribution is -2.01. The summed E-state index contributed by atoms with van der Waals surface area (Å²) < 4.78 is 13.2. The highest BCUT2D eigenvalue weighted by molar-refractivity contribution is 5.51. The molecule has 0 saturated heterocycles. The summed E-state index contributed by atoms with van der Waals surface area (Å²) in [7, 11) is 0. The Morgan fingerprint density at radius 2 is 2.16 bits per heavy atom. The maximum absolute atomic E-state index is 13.2. The number of benzene rings is 1. The Morgan fingerprint density at radius 3 is 2.79 bits per heavy atom. The van der Waals surface area contributed by atoms with Gasteiger partial charge in [-0.15, -0.1) is 0 Å². The number of anilines is 1. The van der Waals surface area contributed by atoms with E-state index in [1.165, 1.54) is 12.1 Å². The number of pyridine rings is 1. The van der Waals surface area contributed by atoms with Crippen molar-refractivity contribution in [3.63, 3.8) is 0 Å². The predicted octanol–water partition coefficient (Wildman–Crippen LogP) is 3.05. The van der Waals surface area contributed by atoms with Gasteiger partial charge in [-0.2, -0.15) is 0 Å². The molecule has 2 rings (SSSR count). The predicted molar refractivity (Wildman–Crippen MR) is 69.4 cm³/mol. The van der Waals surface area contributed by atoms with Crippen LogP contribution in [0.4, 0.5) is 15.8 Å². The minimum atomic E-state index is -0.640. The quantitative estimate of drug-likeness (QED) is 0.678. The van der Waals surface area contributed by atoms with Crippen molar-refractivity contribution in [2.24, 2.45) is 0 Å². The van der Waals surface area contributed by atoms with Crippen LogP contribution in [-0.4, -0.2) is 9.91 Å². The Kier molecular flexibility index (Phi) is 3.70. The summed E-state index contributed by atoms with van der Waals surface area (Å²) in [6.45, 7) is 2.31. The third-order valence-electron chi connectivity index (χ3n) is 2.56. The number of nitrogens with one attached hydrogen (secondary N) is 1. The summed E-state index contributed by atoms with van der Waals surface area (Å²) in [5.74, 6) is -0.640. The molecule has 0 aliphatic heterocycles. The van der Waals surface area contributed by atoms with Gasteiger partial charge < -0.3 is 5.32 Å². The number of nitro benzene ring substituents is 1. The van der Waals surface area contributed by atoms with E-state index in [9.17, 15) is 14.5 Å². The van der Waals surface area contributed by atoms with Gasteiger partial charge in [0.25, 0.3) is 5.69 Å². The fourth-order valence-electron chi connectivity index (χ4n) is 1.59. The Bertz CT molecular complexity index is 599. The lowest BCUT2D eigenvalue weighted by molar-refractivity contribution is -0.385. The van der Waals surface area contributed by atoms with Crippen molar-refractivity contribution in [1.29, 1.82) is 0 Å². The van der Waals surface area contributed by atoms with Crippen LogP contribution in [0, 0.1) is 22.9 Å². The number of hydrogen-bond acceptors (Lipinski definition) is 4. The maximum Gasteiger partial charge on any atom is 0.274 e. The fraction of sp³-hybridized carbons (Fsp3) is 0.154. The van der Waals surface area contributed by atoms with E-state index in [0.717, 1.165) is 17.3 Å². The van der Waals surface area contributed by atoms with Crippen LogP contribution in [0.3, 0.4) is 0 Å². The van der Waals surface area contributed by atoms with Crippen LogP contribution < -0.4 is 5.32 Å². The molecule has 1 aromatic carbocycles. The fourth-order valence-corrected chi connectivity index (χ4v) is 1.59. The van der Waals surface area contributed by atoms with Crippen LogP contribution in [0.25, 0.3) is 0 Å². The number of aromatic nitrogens is 1. The largest absolute Gasteiger partial charge is 0.381 e. The molecular weight excluding hydrogens is 249 g/mol. The summed E-state index contributed by atoms with van der Waals surface area (Å²) in [5.41, 5.74) is 1.92. The molecule has 0 aliphatic carbocycles. The molecule has 0 saturated carbocycles. The number of rotatable bonds is 4. The third-order valence-corrected chi connectivity index (χ3v) is 2.56. The van der Waals surface area contributed by atoms with Gasteiger partial charge in [0.1, 0.15) is 5.82 Å². The monoisotopic (exact) mass is 261 g/mol. The molecule has 1 heterocycles.